The van der Waals surface area contributed by atoms with Gasteiger partial charge in [0.2, 0.25) is 5.91 Å². The number of carbonyl (C=O) groups excluding carboxylic acids is 2. The molecular formula is C13H17NO3S. The van der Waals surface area contributed by atoms with Crippen LogP contribution in [0.5, 0.6) is 0 Å². The average Bonchev–Trinajstić information content (AvgIpc) is 2.36. The van der Waals surface area contributed by atoms with Crippen LogP contribution in [-0.2, 0) is 14.3 Å². The van der Waals surface area contributed by atoms with Crippen molar-refractivity contribution in [2.24, 2.45) is 0 Å². The Kier molecular flexibility index (Phi) is 5.71. The molecule has 1 N–H and O–H groups in total. The number of methoxy groups -OCH3 is 1. The van der Waals surface area contributed by atoms with Gasteiger partial charge in [0.05, 0.1) is 12.9 Å². The van der Waals surface area contributed by atoms with Gasteiger partial charge in [-0.15, -0.1) is 11.8 Å². The molecule has 1 atom stereocenters. The molecule has 0 spiro atoms. The van der Waals surface area contributed by atoms with Crippen LogP contribution in [0.15, 0.2) is 29.2 Å². The lowest BCUT2D eigenvalue weighted by atomic mass is 10.2. The lowest BCUT2D eigenvalue weighted by Gasteiger charge is -2.11. The van der Waals surface area contributed by atoms with E-state index in [9.17, 15) is 9.59 Å². The summed E-state index contributed by atoms with van der Waals surface area (Å²) in [6.07, 6.45) is 0. The second-order valence-corrected chi connectivity index (χ2v) is 4.88. The second kappa shape index (κ2) is 7.06. The van der Waals surface area contributed by atoms with Gasteiger partial charge in [0, 0.05) is 4.90 Å². The molecule has 1 aromatic carbocycles. The van der Waals surface area contributed by atoms with E-state index >= 15 is 0 Å². The number of hydrogen-bond donors (Lipinski definition) is 1. The number of carbonyl (C=O) groups is 2. The summed E-state index contributed by atoms with van der Waals surface area (Å²) in [5.74, 6) is -0.336. The first-order valence-electron chi connectivity index (χ1n) is 5.60. The van der Waals surface area contributed by atoms with E-state index in [4.69, 9.17) is 0 Å². The first-order chi connectivity index (χ1) is 8.54. The monoisotopic (exact) mass is 267 g/mol. The van der Waals surface area contributed by atoms with Crippen molar-refractivity contribution < 1.29 is 14.3 Å². The minimum absolute atomic E-state index is 0.179. The Morgan fingerprint density at radius 1 is 1.39 bits per heavy atom. The molecule has 0 aliphatic carbocycles. The maximum absolute atomic E-state index is 11.6. The maximum Gasteiger partial charge on any atom is 0.328 e. The van der Waals surface area contributed by atoms with Crippen molar-refractivity contribution in [3.8, 4) is 0 Å². The molecule has 0 radical (unpaired) electrons. The van der Waals surface area contributed by atoms with Crippen LogP contribution in [0.4, 0.5) is 0 Å². The summed E-state index contributed by atoms with van der Waals surface area (Å²) in [5.41, 5.74) is 1.14. The van der Waals surface area contributed by atoms with Gasteiger partial charge >= 0.3 is 5.97 Å². The summed E-state index contributed by atoms with van der Waals surface area (Å²) < 4.78 is 4.53. The SMILES string of the molecule is COC(=O)C(C)NC(=O)CSc1ccccc1C. The van der Waals surface area contributed by atoms with Gasteiger partial charge in [0.15, 0.2) is 0 Å². The average molecular weight is 267 g/mol. The van der Waals surface area contributed by atoms with Gasteiger partial charge in [-0.2, -0.15) is 0 Å². The van der Waals surface area contributed by atoms with Crippen molar-refractivity contribution in [2.75, 3.05) is 12.9 Å². The standard InChI is InChI=1S/C13H17NO3S/c1-9-6-4-5-7-11(9)18-8-12(15)14-10(2)13(16)17-3/h4-7,10H,8H2,1-3H3,(H,14,15). The zero-order valence-electron chi connectivity index (χ0n) is 10.7. The number of hydrogen-bond acceptors (Lipinski definition) is 4. The third-order valence-electron chi connectivity index (χ3n) is 2.38. The third kappa shape index (κ3) is 4.41. The Morgan fingerprint density at radius 2 is 2.06 bits per heavy atom. The Bertz CT molecular complexity index is 434. The predicted octanol–water partition coefficient (Wildman–Crippen LogP) is 1.76. The van der Waals surface area contributed by atoms with Crippen molar-refractivity contribution in [1.82, 2.24) is 5.32 Å². The van der Waals surface area contributed by atoms with E-state index in [1.165, 1.54) is 18.9 Å². The van der Waals surface area contributed by atoms with E-state index in [1.54, 1.807) is 6.92 Å². The summed E-state index contributed by atoms with van der Waals surface area (Å²) in [5, 5.41) is 2.59. The van der Waals surface area contributed by atoms with Crippen LogP contribution in [0.1, 0.15) is 12.5 Å². The molecule has 0 bridgehead atoms. The van der Waals surface area contributed by atoms with Gasteiger partial charge in [-0.1, -0.05) is 18.2 Å². The molecule has 18 heavy (non-hydrogen) atoms. The fraction of sp³-hybridized carbons (Fsp3) is 0.385. The molecule has 0 heterocycles. The molecule has 5 heteroatoms. The largest absolute Gasteiger partial charge is 0.467 e. The molecular weight excluding hydrogens is 250 g/mol. The number of ether oxygens (including phenoxy) is 1. The second-order valence-electron chi connectivity index (χ2n) is 3.87. The summed E-state index contributed by atoms with van der Waals surface area (Å²) in [6.45, 7) is 3.60. The predicted molar refractivity (Wildman–Crippen MR) is 71.5 cm³/mol. The van der Waals surface area contributed by atoms with E-state index in [2.05, 4.69) is 10.1 Å². The Hall–Kier alpha value is -1.49. The fourth-order valence-corrected chi connectivity index (χ4v) is 2.22. The number of thioether (sulfide) groups is 1. The van der Waals surface area contributed by atoms with E-state index in [1.807, 2.05) is 31.2 Å². The van der Waals surface area contributed by atoms with Crippen molar-refractivity contribution in [2.45, 2.75) is 24.8 Å². The third-order valence-corrected chi connectivity index (χ3v) is 3.56. The molecule has 98 valence electrons. The van der Waals surface area contributed by atoms with Crippen LogP contribution < -0.4 is 5.32 Å². The molecule has 0 aliphatic heterocycles. The highest BCUT2D eigenvalue weighted by molar-refractivity contribution is 8.00. The van der Waals surface area contributed by atoms with Gasteiger partial charge in [-0.25, -0.2) is 4.79 Å². The highest BCUT2D eigenvalue weighted by Gasteiger charge is 2.15. The lowest BCUT2D eigenvalue weighted by molar-refractivity contribution is -0.144. The van der Waals surface area contributed by atoms with Gasteiger partial charge in [0.25, 0.3) is 0 Å². The van der Waals surface area contributed by atoms with E-state index < -0.39 is 12.0 Å². The van der Waals surface area contributed by atoms with Crippen LogP contribution in [0.25, 0.3) is 0 Å². The summed E-state index contributed by atoms with van der Waals surface area (Å²) in [4.78, 5) is 23.8. The number of aryl methyl sites for hydroxylation is 1. The highest BCUT2D eigenvalue weighted by Crippen LogP contribution is 2.21. The van der Waals surface area contributed by atoms with Gasteiger partial charge < -0.3 is 10.1 Å². The Morgan fingerprint density at radius 3 is 2.67 bits per heavy atom. The van der Waals surface area contributed by atoms with Crippen molar-refractivity contribution >= 4 is 23.6 Å². The normalized spacial score (nSPS) is 11.7. The smallest absolute Gasteiger partial charge is 0.328 e. The van der Waals surface area contributed by atoms with E-state index in [0.29, 0.717) is 0 Å². The molecule has 0 aliphatic rings. The summed E-state index contributed by atoms with van der Waals surface area (Å²) >= 11 is 1.45. The molecule has 1 aromatic rings. The van der Waals surface area contributed by atoms with E-state index in [-0.39, 0.29) is 11.7 Å². The van der Waals surface area contributed by atoms with Crippen LogP contribution in [0.2, 0.25) is 0 Å². The molecule has 0 saturated carbocycles. The van der Waals surface area contributed by atoms with Crippen LogP contribution >= 0.6 is 11.8 Å². The number of nitrogens with one attached hydrogen (secondary N) is 1. The number of rotatable bonds is 5. The lowest BCUT2D eigenvalue weighted by Crippen LogP contribution is -2.40. The summed E-state index contributed by atoms with van der Waals surface area (Å²) in [6, 6.07) is 7.25. The molecule has 0 aromatic heterocycles. The van der Waals surface area contributed by atoms with Crippen molar-refractivity contribution in [1.29, 1.82) is 0 Å². The molecule has 1 amide bonds. The molecule has 0 saturated heterocycles. The maximum atomic E-state index is 11.6. The minimum Gasteiger partial charge on any atom is -0.467 e. The first kappa shape index (κ1) is 14.6. The number of amides is 1. The van der Waals surface area contributed by atoms with Gasteiger partial charge in [-0.3, -0.25) is 4.79 Å². The Labute approximate surface area is 111 Å². The van der Waals surface area contributed by atoms with Crippen molar-refractivity contribution in [3.63, 3.8) is 0 Å². The number of esters is 1. The van der Waals surface area contributed by atoms with Crippen molar-refractivity contribution in [3.05, 3.63) is 29.8 Å². The molecule has 1 unspecified atom stereocenters. The molecule has 0 fully saturated rings. The minimum atomic E-state index is -0.611. The molecule has 4 nitrogen and oxygen atoms in total. The molecule has 1 rings (SSSR count). The summed E-state index contributed by atoms with van der Waals surface area (Å²) in [7, 11) is 1.30. The van der Waals surface area contributed by atoms with Crippen LogP contribution in [-0.4, -0.2) is 30.8 Å². The zero-order valence-corrected chi connectivity index (χ0v) is 11.5. The highest BCUT2D eigenvalue weighted by atomic mass is 32.2. The first-order valence-corrected chi connectivity index (χ1v) is 6.58. The van der Waals surface area contributed by atoms with Crippen LogP contribution in [0.3, 0.4) is 0 Å². The Balaban J connectivity index is 2.43. The van der Waals surface area contributed by atoms with E-state index in [0.717, 1.165) is 10.5 Å². The van der Waals surface area contributed by atoms with Gasteiger partial charge in [0.1, 0.15) is 6.04 Å². The quantitative estimate of drug-likeness (QED) is 0.652. The topological polar surface area (TPSA) is 55.4 Å². The zero-order chi connectivity index (χ0) is 13.5. The number of benzene rings is 1. The van der Waals surface area contributed by atoms with Crippen LogP contribution in [0, 0.1) is 6.92 Å². The van der Waals surface area contributed by atoms with Gasteiger partial charge in [-0.05, 0) is 25.5 Å². The fourth-order valence-electron chi connectivity index (χ4n) is 1.38.